The van der Waals surface area contributed by atoms with Crippen molar-refractivity contribution in [3.8, 4) is 28.8 Å². The van der Waals surface area contributed by atoms with Gasteiger partial charge in [0.2, 0.25) is 5.88 Å². The Balaban J connectivity index is 1.57. The first-order valence-corrected chi connectivity index (χ1v) is 9.50. The number of aromatic nitrogens is 2. The Labute approximate surface area is 170 Å². The average Bonchev–Trinajstić information content (AvgIpc) is 3.15. The van der Waals surface area contributed by atoms with E-state index in [9.17, 15) is 0 Å². The minimum atomic E-state index is -0.00511. The van der Waals surface area contributed by atoms with Crippen molar-refractivity contribution < 1.29 is 23.5 Å². The van der Waals surface area contributed by atoms with Crippen molar-refractivity contribution in [2.24, 2.45) is 0 Å². The average molecular weight is 398 g/mol. The van der Waals surface area contributed by atoms with Gasteiger partial charge in [0.15, 0.2) is 12.6 Å². The van der Waals surface area contributed by atoms with Gasteiger partial charge in [-0.3, -0.25) is 0 Å². The molecule has 2 heterocycles. The molecule has 1 unspecified atom stereocenters. The van der Waals surface area contributed by atoms with Crippen LogP contribution in [0.1, 0.15) is 26.3 Å². The zero-order valence-electron chi connectivity index (χ0n) is 17.1. The maximum atomic E-state index is 6.04. The van der Waals surface area contributed by atoms with Crippen molar-refractivity contribution in [2.75, 3.05) is 13.9 Å². The van der Waals surface area contributed by atoms with Crippen LogP contribution in [0.2, 0.25) is 0 Å². The number of methoxy groups -OCH3 is 1. The van der Waals surface area contributed by atoms with E-state index in [2.05, 4.69) is 10.1 Å². The molecule has 0 bridgehead atoms. The first-order chi connectivity index (χ1) is 14.0. The first-order valence-electron chi connectivity index (χ1n) is 9.50. The van der Waals surface area contributed by atoms with Gasteiger partial charge in [0, 0.05) is 37.4 Å². The van der Waals surface area contributed by atoms with Gasteiger partial charge in [-0.25, -0.2) is 4.98 Å². The van der Waals surface area contributed by atoms with E-state index in [0.717, 1.165) is 23.3 Å². The largest absolute Gasteiger partial charge is 0.490 e. The molecule has 7 heteroatoms. The number of pyridine rings is 1. The third-order valence-electron chi connectivity index (χ3n) is 3.97. The fourth-order valence-electron chi connectivity index (χ4n) is 2.77. The number of ether oxygens (including phenoxy) is 4. The van der Waals surface area contributed by atoms with Crippen molar-refractivity contribution in [3.63, 3.8) is 0 Å². The monoisotopic (exact) mass is 398 g/mol. The Morgan fingerprint density at radius 2 is 1.76 bits per heavy atom. The Morgan fingerprint density at radius 1 is 0.966 bits per heavy atom. The predicted octanol–water partition coefficient (Wildman–Crippen LogP) is 4.52. The predicted molar refractivity (Wildman–Crippen MR) is 108 cm³/mol. The molecular formula is C22H26N2O5. The van der Waals surface area contributed by atoms with Crippen LogP contribution < -0.4 is 14.2 Å². The normalized spacial score (nSPS) is 12.0. The Bertz CT molecular complexity index is 892. The van der Waals surface area contributed by atoms with Crippen LogP contribution >= 0.6 is 0 Å². The van der Waals surface area contributed by atoms with Gasteiger partial charge in [0.25, 0.3) is 5.88 Å². The van der Waals surface area contributed by atoms with Gasteiger partial charge in [-0.2, -0.15) is 0 Å². The summed E-state index contributed by atoms with van der Waals surface area (Å²) >= 11 is 0. The molecular weight excluding hydrogens is 372 g/mol. The summed E-state index contributed by atoms with van der Waals surface area (Å²) in [7, 11) is 1.55. The van der Waals surface area contributed by atoms with Gasteiger partial charge < -0.3 is 23.5 Å². The van der Waals surface area contributed by atoms with Crippen LogP contribution in [0.15, 0.2) is 53.2 Å². The fraction of sp³-hybridized carbons (Fsp3) is 0.364. The quantitative estimate of drug-likeness (QED) is 0.465. The van der Waals surface area contributed by atoms with Gasteiger partial charge >= 0.3 is 0 Å². The highest BCUT2D eigenvalue weighted by Gasteiger charge is 2.10. The van der Waals surface area contributed by atoms with Crippen molar-refractivity contribution in [1.29, 1.82) is 0 Å². The van der Waals surface area contributed by atoms with Crippen LogP contribution in [-0.2, 0) is 11.2 Å². The highest BCUT2D eigenvalue weighted by atomic mass is 16.7. The highest BCUT2D eigenvalue weighted by molar-refractivity contribution is 5.59. The van der Waals surface area contributed by atoms with E-state index < -0.39 is 0 Å². The summed E-state index contributed by atoms with van der Waals surface area (Å²) in [5.74, 6) is 2.42. The SMILES string of the molecule is COCOc1cc(-c2ccc(OC(C)Cc3ccnc(OC(C)C)c3)cc2)on1. The molecule has 3 aromatic rings. The van der Waals surface area contributed by atoms with Crippen molar-refractivity contribution in [1.82, 2.24) is 10.1 Å². The van der Waals surface area contributed by atoms with Gasteiger partial charge in [-0.1, -0.05) is 0 Å². The van der Waals surface area contributed by atoms with Crippen molar-refractivity contribution in [2.45, 2.75) is 39.4 Å². The van der Waals surface area contributed by atoms with E-state index in [-0.39, 0.29) is 19.0 Å². The molecule has 0 fully saturated rings. The minimum absolute atomic E-state index is 0.00511. The van der Waals surface area contributed by atoms with Gasteiger partial charge in [-0.05, 0) is 61.8 Å². The second kappa shape index (κ2) is 9.93. The van der Waals surface area contributed by atoms with Crippen LogP contribution in [0.25, 0.3) is 11.3 Å². The van der Waals surface area contributed by atoms with E-state index in [1.165, 1.54) is 0 Å². The van der Waals surface area contributed by atoms with E-state index >= 15 is 0 Å². The molecule has 154 valence electrons. The highest BCUT2D eigenvalue weighted by Crippen LogP contribution is 2.26. The molecule has 0 aliphatic rings. The molecule has 3 rings (SSSR count). The molecule has 29 heavy (non-hydrogen) atoms. The molecule has 1 aromatic carbocycles. The molecule has 0 aliphatic carbocycles. The Kier molecular flexibility index (Phi) is 7.08. The zero-order valence-corrected chi connectivity index (χ0v) is 17.1. The smallest absolute Gasteiger partial charge is 0.256 e. The fourth-order valence-corrected chi connectivity index (χ4v) is 2.77. The number of rotatable bonds is 10. The lowest BCUT2D eigenvalue weighted by atomic mass is 10.1. The third kappa shape index (κ3) is 6.22. The number of hydrogen-bond donors (Lipinski definition) is 0. The van der Waals surface area contributed by atoms with E-state index in [1.807, 2.05) is 57.2 Å². The van der Waals surface area contributed by atoms with Crippen LogP contribution in [0.3, 0.4) is 0 Å². The summed E-state index contributed by atoms with van der Waals surface area (Å²) in [6, 6.07) is 13.3. The van der Waals surface area contributed by atoms with Crippen molar-refractivity contribution >= 4 is 0 Å². The summed E-state index contributed by atoms with van der Waals surface area (Å²) in [4.78, 5) is 4.23. The summed E-state index contributed by atoms with van der Waals surface area (Å²) < 4.78 is 27.1. The maximum absolute atomic E-state index is 6.04. The van der Waals surface area contributed by atoms with E-state index in [0.29, 0.717) is 17.5 Å². The first kappa shape index (κ1) is 20.7. The Hall–Kier alpha value is -3.06. The topological polar surface area (TPSA) is 75.8 Å². The molecule has 1 atom stereocenters. The summed E-state index contributed by atoms with van der Waals surface area (Å²) in [5, 5.41) is 3.85. The maximum Gasteiger partial charge on any atom is 0.256 e. The third-order valence-corrected chi connectivity index (χ3v) is 3.97. The van der Waals surface area contributed by atoms with Gasteiger partial charge in [0.1, 0.15) is 5.75 Å². The van der Waals surface area contributed by atoms with Crippen LogP contribution in [-0.4, -0.2) is 36.3 Å². The van der Waals surface area contributed by atoms with Crippen LogP contribution in [0, 0.1) is 0 Å². The lowest BCUT2D eigenvalue weighted by Gasteiger charge is -2.16. The molecule has 0 amide bonds. The molecule has 0 spiro atoms. The van der Waals surface area contributed by atoms with Crippen LogP contribution in [0.4, 0.5) is 0 Å². The number of nitrogens with zero attached hydrogens (tertiary/aromatic N) is 2. The van der Waals surface area contributed by atoms with Crippen molar-refractivity contribution in [3.05, 3.63) is 54.2 Å². The van der Waals surface area contributed by atoms with E-state index in [1.54, 1.807) is 19.4 Å². The minimum Gasteiger partial charge on any atom is -0.490 e. The van der Waals surface area contributed by atoms with Crippen LogP contribution in [0.5, 0.6) is 17.5 Å². The lowest BCUT2D eigenvalue weighted by molar-refractivity contribution is 0.0453. The number of hydrogen-bond acceptors (Lipinski definition) is 7. The van der Waals surface area contributed by atoms with E-state index in [4.69, 9.17) is 23.5 Å². The van der Waals surface area contributed by atoms with Gasteiger partial charge in [0.05, 0.1) is 12.2 Å². The summed E-state index contributed by atoms with van der Waals surface area (Å²) in [6.45, 7) is 6.12. The lowest BCUT2D eigenvalue weighted by Crippen LogP contribution is -2.15. The molecule has 7 nitrogen and oxygen atoms in total. The molecule has 2 aromatic heterocycles. The second-order valence-corrected chi connectivity index (χ2v) is 6.91. The standard InChI is InChI=1S/C22H26N2O5/c1-15(2)27-21-12-17(9-10-23-21)11-16(3)28-19-7-5-18(6-8-19)20-13-22(24-29-20)26-14-25-4/h5-10,12-13,15-16H,11,14H2,1-4H3. The van der Waals surface area contributed by atoms with Gasteiger partial charge in [-0.15, -0.1) is 0 Å². The summed E-state index contributed by atoms with van der Waals surface area (Å²) in [5.41, 5.74) is 2.00. The summed E-state index contributed by atoms with van der Waals surface area (Å²) in [6.07, 6.45) is 2.60. The molecule has 0 aliphatic heterocycles. The second-order valence-electron chi connectivity index (χ2n) is 6.91. The zero-order chi connectivity index (χ0) is 20.6. The molecule has 0 saturated heterocycles. The Morgan fingerprint density at radius 3 is 2.48 bits per heavy atom. The molecule has 0 saturated carbocycles. The molecule has 0 N–H and O–H groups in total. The molecule has 0 radical (unpaired) electrons. The number of benzene rings is 1.